The smallest absolute Gasteiger partial charge is 0.134 e. The molecule has 1 unspecified atom stereocenters. The van der Waals surface area contributed by atoms with Crippen LogP contribution in [0.5, 0.6) is 0 Å². The molecule has 2 rings (SSSR count). The Labute approximate surface area is 99.4 Å². The molecule has 0 aromatic rings. The van der Waals surface area contributed by atoms with Gasteiger partial charge in [-0.05, 0) is 57.9 Å². The van der Waals surface area contributed by atoms with E-state index in [1.807, 2.05) is 0 Å². The fraction of sp³-hybridized carbons (Fsp3) is 0.929. The van der Waals surface area contributed by atoms with Crippen molar-refractivity contribution >= 4 is 5.78 Å². The van der Waals surface area contributed by atoms with E-state index in [9.17, 15) is 4.79 Å². The van der Waals surface area contributed by atoms with Crippen LogP contribution in [0.25, 0.3) is 0 Å². The molecule has 0 aromatic heterocycles. The Balaban J connectivity index is 1.87. The van der Waals surface area contributed by atoms with Crippen LogP contribution in [0.3, 0.4) is 0 Å². The second-order valence-corrected chi connectivity index (χ2v) is 5.86. The Morgan fingerprint density at radius 3 is 2.44 bits per heavy atom. The Morgan fingerprint density at radius 2 is 1.81 bits per heavy atom. The average Bonchev–Trinajstić information content (AvgIpc) is 2.30. The molecule has 1 saturated carbocycles. The maximum absolute atomic E-state index is 11.5. The van der Waals surface area contributed by atoms with Crippen molar-refractivity contribution in [1.29, 1.82) is 0 Å². The van der Waals surface area contributed by atoms with Gasteiger partial charge in [-0.2, -0.15) is 0 Å². The predicted octanol–water partition coefficient (Wildman–Crippen LogP) is 2.87. The van der Waals surface area contributed by atoms with Crippen LogP contribution in [0.15, 0.2) is 0 Å². The molecule has 0 bridgehead atoms. The molecule has 1 heterocycles. The standard InChI is InChI=1S/C14H25NO/c1-11-5-7-14(8-6-11)15-9-3-4-13(10-15)12(2)16/h11,13-14H,3-10H2,1-2H3. The van der Waals surface area contributed by atoms with Crippen molar-refractivity contribution in [2.24, 2.45) is 11.8 Å². The third-order valence-electron chi connectivity index (χ3n) is 4.53. The van der Waals surface area contributed by atoms with Gasteiger partial charge in [0.15, 0.2) is 0 Å². The minimum absolute atomic E-state index is 0.327. The van der Waals surface area contributed by atoms with Gasteiger partial charge in [0, 0.05) is 18.5 Å². The Morgan fingerprint density at radius 1 is 1.12 bits per heavy atom. The number of hydrogen-bond acceptors (Lipinski definition) is 2. The summed E-state index contributed by atoms with van der Waals surface area (Å²) >= 11 is 0. The summed E-state index contributed by atoms with van der Waals surface area (Å²) in [5, 5.41) is 0. The second kappa shape index (κ2) is 5.31. The molecule has 1 aliphatic carbocycles. The average molecular weight is 223 g/mol. The van der Waals surface area contributed by atoms with Crippen LogP contribution < -0.4 is 0 Å². The van der Waals surface area contributed by atoms with Crippen LogP contribution in [0, 0.1) is 11.8 Å². The van der Waals surface area contributed by atoms with Gasteiger partial charge >= 0.3 is 0 Å². The van der Waals surface area contributed by atoms with Gasteiger partial charge in [0.1, 0.15) is 5.78 Å². The molecule has 2 nitrogen and oxygen atoms in total. The molecule has 1 aliphatic heterocycles. The summed E-state index contributed by atoms with van der Waals surface area (Å²) in [6.07, 6.45) is 7.81. The molecule has 0 amide bonds. The molecule has 92 valence electrons. The molecular weight excluding hydrogens is 198 g/mol. The number of rotatable bonds is 2. The van der Waals surface area contributed by atoms with Crippen molar-refractivity contribution in [3.63, 3.8) is 0 Å². The first-order chi connectivity index (χ1) is 7.66. The number of carbonyl (C=O) groups is 1. The maximum atomic E-state index is 11.5. The van der Waals surface area contributed by atoms with Crippen molar-refractivity contribution in [2.75, 3.05) is 13.1 Å². The summed E-state index contributed by atoms with van der Waals surface area (Å²) in [5.41, 5.74) is 0. The summed E-state index contributed by atoms with van der Waals surface area (Å²) in [5.74, 6) is 1.65. The van der Waals surface area contributed by atoms with E-state index >= 15 is 0 Å². The summed E-state index contributed by atoms with van der Waals surface area (Å²) in [7, 11) is 0. The molecule has 0 N–H and O–H groups in total. The lowest BCUT2D eigenvalue weighted by Crippen LogP contribution is -2.45. The zero-order valence-electron chi connectivity index (χ0n) is 10.7. The van der Waals surface area contributed by atoms with Gasteiger partial charge in [-0.3, -0.25) is 9.69 Å². The van der Waals surface area contributed by atoms with E-state index in [0.29, 0.717) is 11.7 Å². The molecule has 0 radical (unpaired) electrons. The largest absolute Gasteiger partial charge is 0.300 e. The molecule has 1 saturated heterocycles. The first kappa shape index (κ1) is 12.1. The summed E-state index contributed by atoms with van der Waals surface area (Å²) in [4.78, 5) is 14.1. The van der Waals surface area contributed by atoms with Crippen LogP contribution >= 0.6 is 0 Å². The topological polar surface area (TPSA) is 20.3 Å². The van der Waals surface area contributed by atoms with Gasteiger partial charge in [-0.15, -0.1) is 0 Å². The fourth-order valence-electron chi connectivity index (χ4n) is 3.28. The first-order valence-corrected chi connectivity index (χ1v) is 6.91. The molecule has 0 aromatic carbocycles. The zero-order valence-corrected chi connectivity index (χ0v) is 10.7. The molecule has 2 aliphatic rings. The SMILES string of the molecule is CC(=O)C1CCCN(C2CCC(C)CC2)C1. The number of likely N-dealkylation sites (tertiary alicyclic amines) is 1. The fourth-order valence-corrected chi connectivity index (χ4v) is 3.28. The van der Waals surface area contributed by atoms with E-state index in [1.165, 1.54) is 38.6 Å². The number of hydrogen-bond donors (Lipinski definition) is 0. The van der Waals surface area contributed by atoms with Crippen molar-refractivity contribution < 1.29 is 4.79 Å². The summed E-state index contributed by atoms with van der Waals surface area (Å²) < 4.78 is 0. The zero-order chi connectivity index (χ0) is 11.5. The highest BCUT2D eigenvalue weighted by Gasteiger charge is 2.29. The highest BCUT2D eigenvalue weighted by molar-refractivity contribution is 5.78. The van der Waals surface area contributed by atoms with E-state index in [1.54, 1.807) is 6.92 Å². The molecule has 2 heteroatoms. The van der Waals surface area contributed by atoms with Crippen molar-refractivity contribution in [3.8, 4) is 0 Å². The quantitative estimate of drug-likeness (QED) is 0.717. The third-order valence-corrected chi connectivity index (χ3v) is 4.53. The van der Waals surface area contributed by atoms with Crippen molar-refractivity contribution in [3.05, 3.63) is 0 Å². The Bertz CT molecular complexity index is 243. The van der Waals surface area contributed by atoms with Gasteiger partial charge in [0.25, 0.3) is 0 Å². The monoisotopic (exact) mass is 223 g/mol. The van der Waals surface area contributed by atoms with E-state index in [4.69, 9.17) is 0 Å². The van der Waals surface area contributed by atoms with Crippen LogP contribution in [-0.4, -0.2) is 29.8 Å². The van der Waals surface area contributed by atoms with E-state index in [0.717, 1.165) is 24.9 Å². The first-order valence-electron chi connectivity index (χ1n) is 6.91. The van der Waals surface area contributed by atoms with Crippen LogP contribution in [0.4, 0.5) is 0 Å². The molecule has 1 atom stereocenters. The lowest BCUT2D eigenvalue weighted by molar-refractivity contribution is -0.122. The number of ketones is 1. The van der Waals surface area contributed by atoms with E-state index in [-0.39, 0.29) is 0 Å². The van der Waals surface area contributed by atoms with Gasteiger partial charge in [-0.1, -0.05) is 6.92 Å². The minimum atomic E-state index is 0.327. The van der Waals surface area contributed by atoms with E-state index in [2.05, 4.69) is 11.8 Å². The second-order valence-electron chi connectivity index (χ2n) is 5.86. The molecule has 16 heavy (non-hydrogen) atoms. The summed E-state index contributed by atoms with van der Waals surface area (Å²) in [6, 6.07) is 0.776. The number of piperidine rings is 1. The maximum Gasteiger partial charge on any atom is 0.134 e. The van der Waals surface area contributed by atoms with Crippen molar-refractivity contribution in [2.45, 2.75) is 58.4 Å². The molecule has 0 spiro atoms. The minimum Gasteiger partial charge on any atom is -0.300 e. The van der Waals surface area contributed by atoms with Crippen LogP contribution in [-0.2, 0) is 4.79 Å². The van der Waals surface area contributed by atoms with E-state index < -0.39 is 0 Å². The van der Waals surface area contributed by atoms with Crippen LogP contribution in [0.2, 0.25) is 0 Å². The number of carbonyl (C=O) groups excluding carboxylic acids is 1. The predicted molar refractivity (Wildman–Crippen MR) is 66.4 cm³/mol. The van der Waals surface area contributed by atoms with Gasteiger partial charge in [0.2, 0.25) is 0 Å². The van der Waals surface area contributed by atoms with Gasteiger partial charge in [0.05, 0.1) is 0 Å². The van der Waals surface area contributed by atoms with Crippen LogP contribution in [0.1, 0.15) is 52.4 Å². The number of nitrogens with zero attached hydrogens (tertiary/aromatic N) is 1. The number of Topliss-reactive ketones (excluding diaryl/α,β-unsaturated/α-hetero) is 1. The lowest BCUT2D eigenvalue weighted by Gasteiger charge is -2.40. The third kappa shape index (κ3) is 2.85. The molecular formula is C14H25NO. The van der Waals surface area contributed by atoms with Gasteiger partial charge < -0.3 is 0 Å². The lowest BCUT2D eigenvalue weighted by atomic mass is 9.84. The summed E-state index contributed by atoms with van der Waals surface area (Å²) in [6.45, 7) is 6.39. The van der Waals surface area contributed by atoms with Gasteiger partial charge in [-0.25, -0.2) is 0 Å². The molecule has 2 fully saturated rings. The Hall–Kier alpha value is -0.370. The Kier molecular flexibility index (Phi) is 4.01. The van der Waals surface area contributed by atoms with Crippen molar-refractivity contribution in [1.82, 2.24) is 4.90 Å². The highest BCUT2D eigenvalue weighted by Crippen LogP contribution is 2.30. The highest BCUT2D eigenvalue weighted by atomic mass is 16.1. The normalized spacial score (nSPS) is 37.2.